The third-order valence-electron chi connectivity index (χ3n) is 5.82. The summed E-state index contributed by atoms with van der Waals surface area (Å²) in [5, 5.41) is 1.35. The van der Waals surface area contributed by atoms with Crippen LogP contribution in [0.5, 0.6) is 0 Å². The molecule has 166 valence electrons. The van der Waals surface area contributed by atoms with Gasteiger partial charge in [0.15, 0.2) is 11.2 Å². The molecular weight excluding hydrogens is 439 g/mol. The fourth-order valence-electron chi connectivity index (χ4n) is 4.01. The van der Waals surface area contributed by atoms with Gasteiger partial charge >= 0.3 is 5.69 Å². The summed E-state index contributed by atoms with van der Waals surface area (Å²) in [7, 11) is 1.63. The van der Waals surface area contributed by atoms with Gasteiger partial charge in [0.1, 0.15) is 0 Å². The summed E-state index contributed by atoms with van der Waals surface area (Å²) < 4.78 is 3.36. The van der Waals surface area contributed by atoms with Crippen molar-refractivity contribution < 1.29 is 0 Å². The van der Waals surface area contributed by atoms with E-state index in [4.69, 9.17) is 28.2 Å². The Morgan fingerprint density at radius 3 is 2.42 bits per heavy atom. The Labute approximate surface area is 190 Å². The summed E-state index contributed by atoms with van der Waals surface area (Å²) in [4.78, 5) is 36.2. The Morgan fingerprint density at radius 1 is 1.10 bits per heavy atom. The van der Waals surface area contributed by atoms with Crippen molar-refractivity contribution in [2.75, 3.05) is 31.1 Å². The SMILES string of the molecule is CCCCn1c(N2CCN(Cc3c(Cl)cccc3Cl)CC2)nc2c1c(=O)[nH]c(=O)n2C. The summed E-state index contributed by atoms with van der Waals surface area (Å²) >= 11 is 12.7. The maximum absolute atomic E-state index is 12.6. The van der Waals surface area contributed by atoms with Crippen LogP contribution < -0.4 is 16.1 Å². The highest BCUT2D eigenvalue weighted by atomic mass is 35.5. The summed E-state index contributed by atoms with van der Waals surface area (Å²) in [6.07, 6.45) is 1.92. The highest BCUT2D eigenvalue weighted by molar-refractivity contribution is 6.35. The molecule has 0 spiro atoms. The molecule has 1 aliphatic rings. The molecule has 1 aliphatic heterocycles. The number of imidazole rings is 1. The first-order valence-corrected chi connectivity index (χ1v) is 11.3. The molecule has 0 atom stereocenters. The predicted octanol–water partition coefficient (Wildman–Crippen LogP) is 2.85. The van der Waals surface area contributed by atoms with Crippen molar-refractivity contribution in [3.8, 4) is 0 Å². The van der Waals surface area contributed by atoms with E-state index in [9.17, 15) is 9.59 Å². The minimum atomic E-state index is -0.453. The van der Waals surface area contributed by atoms with Crippen LogP contribution in [0.2, 0.25) is 10.0 Å². The Morgan fingerprint density at radius 2 is 1.77 bits per heavy atom. The van der Waals surface area contributed by atoms with Crippen LogP contribution in [0.25, 0.3) is 11.2 Å². The molecule has 0 radical (unpaired) electrons. The van der Waals surface area contributed by atoms with Crippen molar-refractivity contribution >= 4 is 40.3 Å². The first-order chi connectivity index (χ1) is 14.9. The van der Waals surface area contributed by atoms with E-state index in [1.165, 1.54) is 4.57 Å². The van der Waals surface area contributed by atoms with Crippen LogP contribution in [0.4, 0.5) is 5.95 Å². The number of anilines is 1. The molecule has 3 aromatic rings. The van der Waals surface area contributed by atoms with E-state index in [1.807, 2.05) is 22.8 Å². The van der Waals surface area contributed by atoms with Crippen molar-refractivity contribution in [1.82, 2.24) is 24.0 Å². The van der Waals surface area contributed by atoms with Gasteiger partial charge in [-0.25, -0.2) is 4.79 Å². The maximum atomic E-state index is 12.6. The van der Waals surface area contributed by atoms with Crippen LogP contribution >= 0.6 is 23.2 Å². The van der Waals surface area contributed by atoms with Gasteiger partial charge in [-0.3, -0.25) is 19.2 Å². The summed E-state index contributed by atoms with van der Waals surface area (Å²) in [5.74, 6) is 0.741. The lowest BCUT2D eigenvalue weighted by molar-refractivity contribution is 0.248. The average Bonchev–Trinajstić information content (AvgIpc) is 3.14. The van der Waals surface area contributed by atoms with Crippen molar-refractivity contribution in [3.05, 3.63) is 54.6 Å². The van der Waals surface area contributed by atoms with E-state index in [0.717, 1.165) is 50.5 Å². The van der Waals surface area contributed by atoms with Gasteiger partial charge in [0.2, 0.25) is 5.95 Å². The smallest absolute Gasteiger partial charge is 0.329 e. The lowest BCUT2D eigenvalue weighted by Gasteiger charge is -2.35. The van der Waals surface area contributed by atoms with Crippen molar-refractivity contribution in [2.45, 2.75) is 32.9 Å². The number of hydrogen-bond donors (Lipinski definition) is 1. The third-order valence-corrected chi connectivity index (χ3v) is 6.53. The third kappa shape index (κ3) is 4.24. The first-order valence-electron chi connectivity index (χ1n) is 10.5. The molecule has 8 nitrogen and oxygen atoms in total. The zero-order valence-electron chi connectivity index (χ0n) is 17.7. The molecule has 4 rings (SSSR count). The topological polar surface area (TPSA) is 79.2 Å². The second-order valence-corrected chi connectivity index (χ2v) is 8.69. The number of nitrogens with one attached hydrogen (secondary N) is 1. The second-order valence-electron chi connectivity index (χ2n) is 7.87. The van der Waals surface area contributed by atoms with Crippen LogP contribution in [0, 0.1) is 0 Å². The number of aryl methyl sites for hydroxylation is 2. The number of fused-ring (bicyclic) bond motifs is 1. The van der Waals surface area contributed by atoms with Gasteiger partial charge in [-0.2, -0.15) is 4.98 Å². The van der Waals surface area contributed by atoms with Crippen LogP contribution in [0.15, 0.2) is 27.8 Å². The fourth-order valence-corrected chi connectivity index (χ4v) is 4.52. The highest BCUT2D eigenvalue weighted by Crippen LogP contribution is 2.27. The van der Waals surface area contributed by atoms with E-state index >= 15 is 0 Å². The first kappa shape index (κ1) is 21.9. The molecule has 1 saturated heterocycles. The Kier molecular flexibility index (Phi) is 6.41. The molecule has 1 aromatic carbocycles. The van der Waals surface area contributed by atoms with Crippen LogP contribution in [-0.2, 0) is 20.1 Å². The van der Waals surface area contributed by atoms with Crippen molar-refractivity contribution in [2.24, 2.45) is 7.05 Å². The van der Waals surface area contributed by atoms with Gasteiger partial charge in [0.25, 0.3) is 5.56 Å². The molecule has 0 bridgehead atoms. The zero-order valence-corrected chi connectivity index (χ0v) is 19.2. The monoisotopic (exact) mass is 464 g/mol. The van der Waals surface area contributed by atoms with Gasteiger partial charge in [-0.15, -0.1) is 0 Å². The Balaban J connectivity index is 1.60. The number of halogens is 2. The number of unbranched alkanes of at least 4 members (excludes halogenated alkanes) is 1. The molecule has 1 fully saturated rings. The average molecular weight is 465 g/mol. The lowest BCUT2D eigenvalue weighted by Crippen LogP contribution is -2.47. The van der Waals surface area contributed by atoms with E-state index in [-0.39, 0.29) is 5.56 Å². The molecule has 0 amide bonds. The largest absolute Gasteiger partial charge is 0.340 e. The number of aromatic amines is 1. The summed E-state index contributed by atoms with van der Waals surface area (Å²) in [6.45, 7) is 6.61. The fraction of sp³-hybridized carbons (Fsp3) is 0.476. The molecule has 0 unspecified atom stereocenters. The normalized spacial score (nSPS) is 15.2. The number of benzene rings is 1. The molecule has 3 heterocycles. The van der Waals surface area contributed by atoms with Gasteiger partial charge in [0, 0.05) is 61.9 Å². The van der Waals surface area contributed by atoms with Crippen LogP contribution in [0.1, 0.15) is 25.3 Å². The Bertz CT molecular complexity index is 1190. The van der Waals surface area contributed by atoms with E-state index < -0.39 is 5.69 Å². The van der Waals surface area contributed by atoms with Gasteiger partial charge in [-0.1, -0.05) is 42.6 Å². The van der Waals surface area contributed by atoms with Gasteiger partial charge in [-0.05, 0) is 18.6 Å². The summed E-state index contributed by atoms with van der Waals surface area (Å²) in [6, 6.07) is 5.57. The van der Waals surface area contributed by atoms with E-state index in [2.05, 4.69) is 21.7 Å². The summed E-state index contributed by atoms with van der Waals surface area (Å²) in [5.41, 5.74) is 0.975. The molecule has 2 aromatic heterocycles. The number of aromatic nitrogens is 4. The van der Waals surface area contributed by atoms with Gasteiger partial charge < -0.3 is 9.47 Å². The minimum absolute atomic E-state index is 0.389. The quantitative estimate of drug-likeness (QED) is 0.606. The minimum Gasteiger partial charge on any atom is -0.340 e. The standard InChI is InChI=1S/C21H26Cl2N6O2/c1-3-4-8-29-17-18(26(2)21(31)25-19(17)30)24-20(29)28-11-9-27(10-12-28)13-14-15(22)6-5-7-16(14)23/h5-7H,3-4,8-13H2,1-2H3,(H,25,30,31). The zero-order chi connectivity index (χ0) is 22.1. The Hall–Kier alpha value is -2.29. The molecule has 31 heavy (non-hydrogen) atoms. The number of nitrogens with zero attached hydrogens (tertiary/aromatic N) is 5. The molecular formula is C21H26Cl2N6O2. The maximum Gasteiger partial charge on any atom is 0.329 e. The van der Waals surface area contributed by atoms with E-state index in [1.54, 1.807) is 7.05 Å². The lowest BCUT2D eigenvalue weighted by atomic mass is 10.2. The van der Waals surface area contributed by atoms with Crippen LogP contribution in [-0.4, -0.2) is 50.2 Å². The predicted molar refractivity (Wildman–Crippen MR) is 124 cm³/mol. The van der Waals surface area contributed by atoms with Crippen molar-refractivity contribution in [3.63, 3.8) is 0 Å². The van der Waals surface area contributed by atoms with Crippen LogP contribution in [0.3, 0.4) is 0 Å². The van der Waals surface area contributed by atoms with Gasteiger partial charge in [0.05, 0.1) is 0 Å². The number of H-pyrrole nitrogens is 1. The molecule has 0 saturated carbocycles. The number of piperazine rings is 1. The second kappa shape index (κ2) is 9.06. The van der Waals surface area contributed by atoms with E-state index in [0.29, 0.717) is 34.3 Å². The van der Waals surface area contributed by atoms with Crippen molar-refractivity contribution in [1.29, 1.82) is 0 Å². The number of rotatable bonds is 6. The molecule has 1 N–H and O–H groups in total. The molecule has 0 aliphatic carbocycles. The number of hydrogen-bond acceptors (Lipinski definition) is 5. The highest BCUT2D eigenvalue weighted by Gasteiger charge is 2.25. The molecule has 10 heteroatoms.